The van der Waals surface area contributed by atoms with E-state index >= 15 is 0 Å². The molecular weight excluding hydrogens is 198 g/mol. The number of nitrogens with zero attached hydrogens (tertiary/aromatic N) is 2. The Kier molecular flexibility index (Phi) is 5.00. The zero-order chi connectivity index (χ0) is 12.0. The van der Waals surface area contributed by atoms with Crippen LogP contribution >= 0.6 is 0 Å². The Morgan fingerprint density at radius 2 is 2.06 bits per heavy atom. The molecule has 16 heavy (non-hydrogen) atoms. The minimum atomic E-state index is 0.159. The van der Waals surface area contributed by atoms with Crippen LogP contribution in [0, 0.1) is 0 Å². The fourth-order valence-electron chi connectivity index (χ4n) is 1.50. The van der Waals surface area contributed by atoms with Gasteiger partial charge in [-0.3, -0.25) is 4.68 Å². The second kappa shape index (κ2) is 6.04. The first-order valence-corrected chi connectivity index (χ1v) is 6.28. The molecule has 0 aliphatic rings. The third-order valence-corrected chi connectivity index (χ3v) is 2.49. The van der Waals surface area contributed by atoms with E-state index < -0.39 is 0 Å². The number of aromatic nitrogens is 2. The average molecular weight is 223 g/mol. The normalized spacial score (nSPS) is 12.0. The van der Waals surface area contributed by atoms with Gasteiger partial charge in [-0.1, -0.05) is 19.8 Å². The van der Waals surface area contributed by atoms with Gasteiger partial charge in [0.05, 0.1) is 5.69 Å². The summed E-state index contributed by atoms with van der Waals surface area (Å²) in [7, 11) is 0. The van der Waals surface area contributed by atoms with Crippen LogP contribution in [0.2, 0.25) is 0 Å². The lowest BCUT2D eigenvalue weighted by atomic mass is 10.1. The van der Waals surface area contributed by atoms with E-state index in [9.17, 15) is 0 Å². The summed E-state index contributed by atoms with van der Waals surface area (Å²) in [5, 5.41) is 7.98. The Labute approximate surface area is 99.2 Å². The molecule has 0 amide bonds. The van der Waals surface area contributed by atoms with Crippen LogP contribution in [-0.2, 0) is 13.1 Å². The van der Waals surface area contributed by atoms with Crippen LogP contribution in [0.1, 0.15) is 52.7 Å². The van der Waals surface area contributed by atoms with Crippen molar-refractivity contribution in [3.63, 3.8) is 0 Å². The Balaban J connectivity index is 2.33. The van der Waals surface area contributed by atoms with Crippen molar-refractivity contribution in [1.82, 2.24) is 15.1 Å². The van der Waals surface area contributed by atoms with Crippen molar-refractivity contribution in [2.24, 2.45) is 0 Å². The number of aryl methyl sites for hydroxylation is 1. The molecule has 1 heterocycles. The molecule has 1 N–H and O–H groups in total. The third kappa shape index (κ3) is 5.31. The van der Waals surface area contributed by atoms with Crippen LogP contribution in [0.15, 0.2) is 12.3 Å². The first-order valence-electron chi connectivity index (χ1n) is 6.28. The van der Waals surface area contributed by atoms with Crippen LogP contribution in [0.4, 0.5) is 0 Å². The number of nitrogens with one attached hydrogen (secondary N) is 1. The number of hydrogen-bond acceptors (Lipinski definition) is 2. The molecule has 0 aromatic carbocycles. The highest BCUT2D eigenvalue weighted by Gasteiger charge is 2.09. The van der Waals surface area contributed by atoms with E-state index in [1.165, 1.54) is 19.3 Å². The molecule has 0 spiro atoms. The molecule has 92 valence electrons. The van der Waals surface area contributed by atoms with E-state index in [1.807, 2.05) is 0 Å². The van der Waals surface area contributed by atoms with Crippen molar-refractivity contribution >= 4 is 0 Å². The van der Waals surface area contributed by atoms with Gasteiger partial charge in [-0.05, 0) is 33.3 Å². The molecule has 0 atom stereocenters. The van der Waals surface area contributed by atoms with Crippen molar-refractivity contribution in [2.45, 2.75) is 65.6 Å². The van der Waals surface area contributed by atoms with E-state index in [4.69, 9.17) is 0 Å². The van der Waals surface area contributed by atoms with Crippen LogP contribution < -0.4 is 5.32 Å². The van der Waals surface area contributed by atoms with Crippen LogP contribution in [0.3, 0.4) is 0 Å². The lowest BCUT2D eigenvalue weighted by Gasteiger charge is -2.19. The fourth-order valence-corrected chi connectivity index (χ4v) is 1.50. The summed E-state index contributed by atoms with van der Waals surface area (Å²) in [6.45, 7) is 10.6. The summed E-state index contributed by atoms with van der Waals surface area (Å²) in [6.07, 6.45) is 5.86. The zero-order valence-corrected chi connectivity index (χ0v) is 11.1. The van der Waals surface area contributed by atoms with E-state index in [0.29, 0.717) is 0 Å². The van der Waals surface area contributed by atoms with Crippen molar-refractivity contribution < 1.29 is 0 Å². The second-order valence-electron chi connectivity index (χ2n) is 5.38. The molecule has 0 fully saturated rings. The topological polar surface area (TPSA) is 29.9 Å². The van der Waals surface area contributed by atoms with Crippen LogP contribution in [0.25, 0.3) is 0 Å². The van der Waals surface area contributed by atoms with Gasteiger partial charge in [0.2, 0.25) is 0 Å². The molecule has 0 aliphatic heterocycles. The van der Waals surface area contributed by atoms with Crippen LogP contribution in [0.5, 0.6) is 0 Å². The summed E-state index contributed by atoms with van der Waals surface area (Å²) in [5.41, 5.74) is 1.29. The van der Waals surface area contributed by atoms with Gasteiger partial charge in [-0.15, -0.1) is 0 Å². The first kappa shape index (κ1) is 13.2. The highest BCUT2D eigenvalue weighted by atomic mass is 15.3. The maximum atomic E-state index is 4.54. The maximum Gasteiger partial charge on any atom is 0.0762 e. The Hall–Kier alpha value is -0.830. The quantitative estimate of drug-likeness (QED) is 0.751. The molecule has 0 aliphatic carbocycles. The average Bonchev–Trinajstić information content (AvgIpc) is 2.62. The summed E-state index contributed by atoms with van der Waals surface area (Å²) >= 11 is 0. The molecule has 0 unspecified atom stereocenters. The monoisotopic (exact) mass is 223 g/mol. The van der Waals surface area contributed by atoms with Crippen LogP contribution in [-0.4, -0.2) is 15.3 Å². The zero-order valence-electron chi connectivity index (χ0n) is 11.1. The van der Waals surface area contributed by atoms with Gasteiger partial charge >= 0.3 is 0 Å². The van der Waals surface area contributed by atoms with Gasteiger partial charge in [0.25, 0.3) is 0 Å². The molecule has 1 aromatic rings. The lowest BCUT2D eigenvalue weighted by Crippen LogP contribution is -2.35. The molecular formula is C13H25N3. The van der Waals surface area contributed by atoms with E-state index in [-0.39, 0.29) is 5.54 Å². The van der Waals surface area contributed by atoms with Gasteiger partial charge in [0.15, 0.2) is 0 Å². The van der Waals surface area contributed by atoms with Gasteiger partial charge < -0.3 is 5.32 Å². The smallest absolute Gasteiger partial charge is 0.0762 e. The second-order valence-corrected chi connectivity index (χ2v) is 5.38. The predicted octanol–water partition coefficient (Wildman–Crippen LogP) is 2.96. The highest BCUT2D eigenvalue weighted by molar-refractivity contribution is 4.99. The molecule has 3 heteroatoms. The first-order chi connectivity index (χ1) is 7.51. The lowest BCUT2D eigenvalue weighted by molar-refractivity contribution is 0.418. The third-order valence-electron chi connectivity index (χ3n) is 2.49. The number of rotatable bonds is 6. The van der Waals surface area contributed by atoms with Gasteiger partial charge in [-0.2, -0.15) is 5.10 Å². The minimum absolute atomic E-state index is 0.159. The van der Waals surface area contributed by atoms with Crippen molar-refractivity contribution in [1.29, 1.82) is 0 Å². The van der Waals surface area contributed by atoms with E-state index in [1.54, 1.807) is 0 Å². The molecule has 3 nitrogen and oxygen atoms in total. The van der Waals surface area contributed by atoms with Crippen molar-refractivity contribution in [2.75, 3.05) is 0 Å². The predicted molar refractivity (Wildman–Crippen MR) is 68.3 cm³/mol. The largest absolute Gasteiger partial charge is 0.306 e. The molecule has 0 saturated carbocycles. The summed E-state index contributed by atoms with van der Waals surface area (Å²) in [4.78, 5) is 0. The van der Waals surface area contributed by atoms with Crippen molar-refractivity contribution in [3.05, 3.63) is 18.0 Å². The van der Waals surface area contributed by atoms with Gasteiger partial charge in [0, 0.05) is 24.8 Å². The fraction of sp³-hybridized carbons (Fsp3) is 0.769. The number of hydrogen-bond donors (Lipinski definition) is 1. The molecule has 0 saturated heterocycles. The van der Waals surface area contributed by atoms with Crippen molar-refractivity contribution in [3.8, 4) is 0 Å². The Bertz CT molecular complexity index is 296. The Morgan fingerprint density at radius 1 is 1.31 bits per heavy atom. The molecule has 1 rings (SSSR count). The highest BCUT2D eigenvalue weighted by Crippen LogP contribution is 2.03. The summed E-state index contributed by atoms with van der Waals surface area (Å²) < 4.78 is 2.05. The molecule has 0 radical (unpaired) electrons. The Morgan fingerprint density at radius 3 is 2.69 bits per heavy atom. The van der Waals surface area contributed by atoms with Gasteiger partial charge in [-0.25, -0.2) is 0 Å². The van der Waals surface area contributed by atoms with E-state index in [2.05, 4.69) is 55.1 Å². The molecule has 1 aromatic heterocycles. The summed E-state index contributed by atoms with van der Waals surface area (Å²) in [6, 6.07) is 2.10. The standard InChI is InChI=1S/C13H25N3/c1-5-6-7-9-16-10-8-12(15-16)11-14-13(2,3)4/h8,10,14H,5-7,9,11H2,1-4H3. The minimum Gasteiger partial charge on any atom is -0.306 e. The van der Waals surface area contributed by atoms with E-state index in [0.717, 1.165) is 18.8 Å². The maximum absolute atomic E-state index is 4.54. The summed E-state index contributed by atoms with van der Waals surface area (Å²) in [5.74, 6) is 0. The van der Waals surface area contributed by atoms with Gasteiger partial charge in [0.1, 0.15) is 0 Å². The number of unbranched alkanes of at least 4 members (excludes halogenated alkanes) is 2. The SMILES string of the molecule is CCCCCn1ccc(CNC(C)(C)C)n1. The molecule has 0 bridgehead atoms.